The second-order valence-corrected chi connectivity index (χ2v) is 6.85. The molecule has 0 aliphatic carbocycles. The molecule has 29 heavy (non-hydrogen) atoms. The Labute approximate surface area is 174 Å². The standard InChI is InChI=1S/C20H38O9/c1-4-5-6-22-7-8-23-9-10-24-11-12-25-13-17(2)26-14-18(3)27-15-19-16-28-20(21)29-19/h17-19H,4-16H2,1-3H3. The summed E-state index contributed by atoms with van der Waals surface area (Å²) in [5, 5.41) is 0. The fourth-order valence-electron chi connectivity index (χ4n) is 2.27. The SMILES string of the molecule is CCCCOCCOCCOCCOCC(C)OCC(C)OCC1COC(=O)O1. The monoisotopic (exact) mass is 422 g/mol. The molecule has 9 nitrogen and oxygen atoms in total. The largest absolute Gasteiger partial charge is 0.508 e. The normalized spacial score (nSPS) is 18.4. The van der Waals surface area contributed by atoms with E-state index in [-0.39, 0.29) is 24.9 Å². The van der Waals surface area contributed by atoms with E-state index in [0.717, 1.165) is 19.4 Å². The van der Waals surface area contributed by atoms with Crippen LogP contribution in [-0.2, 0) is 37.9 Å². The molecule has 0 aromatic carbocycles. The van der Waals surface area contributed by atoms with Crippen molar-refractivity contribution in [2.24, 2.45) is 0 Å². The molecular formula is C20H38O9. The molecule has 1 rings (SSSR count). The number of carbonyl (C=O) groups excluding carboxylic acids is 1. The summed E-state index contributed by atoms with van der Waals surface area (Å²) in [7, 11) is 0. The highest BCUT2D eigenvalue weighted by Crippen LogP contribution is 2.08. The van der Waals surface area contributed by atoms with Crippen LogP contribution in [0.2, 0.25) is 0 Å². The molecule has 1 saturated heterocycles. The summed E-state index contributed by atoms with van der Waals surface area (Å²) in [6.07, 6.45) is 1.09. The molecule has 1 aliphatic heterocycles. The summed E-state index contributed by atoms with van der Waals surface area (Å²) < 4.78 is 42.7. The van der Waals surface area contributed by atoms with E-state index in [0.29, 0.717) is 59.5 Å². The van der Waals surface area contributed by atoms with E-state index in [1.54, 1.807) is 0 Å². The van der Waals surface area contributed by atoms with Gasteiger partial charge in [-0.15, -0.1) is 0 Å². The second kappa shape index (κ2) is 17.9. The maximum Gasteiger partial charge on any atom is 0.508 e. The van der Waals surface area contributed by atoms with Gasteiger partial charge < -0.3 is 37.9 Å². The van der Waals surface area contributed by atoms with Crippen LogP contribution < -0.4 is 0 Å². The fraction of sp³-hybridized carbons (Fsp3) is 0.950. The van der Waals surface area contributed by atoms with Gasteiger partial charge in [-0.25, -0.2) is 4.79 Å². The van der Waals surface area contributed by atoms with Gasteiger partial charge in [-0.05, 0) is 20.3 Å². The van der Waals surface area contributed by atoms with Gasteiger partial charge in [0.1, 0.15) is 6.61 Å². The molecule has 0 amide bonds. The van der Waals surface area contributed by atoms with Crippen molar-refractivity contribution in [3.05, 3.63) is 0 Å². The first-order valence-electron chi connectivity index (χ1n) is 10.5. The maximum absolute atomic E-state index is 10.8. The average molecular weight is 423 g/mol. The Morgan fingerprint density at radius 3 is 2.03 bits per heavy atom. The lowest BCUT2D eigenvalue weighted by Gasteiger charge is -2.18. The van der Waals surface area contributed by atoms with Crippen molar-refractivity contribution in [2.45, 2.75) is 51.9 Å². The van der Waals surface area contributed by atoms with Crippen molar-refractivity contribution in [3.63, 3.8) is 0 Å². The van der Waals surface area contributed by atoms with Crippen LogP contribution in [0.3, 0.4) is 0 Å². The van der Waals surface area contributed by atoms with Crippen molar-refractivity contribution in [1.29, 1.82) is 0 Å². The molecule has 9 heteroatoms. The van der Waals surface area contributed by atoms with E-state index in [2.05, 4.69) is 6.92 Å². The van der Waals surface area contributed by atoms with Gasteiger partial charge in [0, 0.05) is 6.61 Å². The van der Waals surface area contributed by atoms with Gasteiger partial charge in [0.05, 0.1) is 71.7 Å². The van der Waals surface area contributed by atoms with Crippen LogP contribution in [0.15, 0.2) is 0 Å². The van der Waals surface area contributed by atoms with Gasteiger partial charge >= 0.3 is 6.16 Å². The molecule has 3 atom stereocenters. The summed E-state index contributed by atoms with van der Waals surface area (Å²) in [4.78, 5) is 10.8. The van der Waals surface area contributed by atoms with Crippen LogP contribution in [0.25, 0.3) is 0 Å². The Hall–Kier alpha value is -0.970. The van der Waals surface area contributed by atoms with Gasteiger partial charge in [-0.3, -0.25) is 0 Å². The number of cyclic esters (lactones) is 2. The summed E-state index contributed by atoms with van der Waals surface area (Å²) in [5.41, 5.74) is 0. The van der Waals surface area contributed by atoms with E-state index in [4.69, 9.17) is 37.9 Å². The molecule has 1 aliphatic rings. The number of unbranched alkanes of at least 4 members (excludes halogenated alkanes) is 1. The number of ether oxygens (including phenoxy) is 8. The zero-order valence-corrected chi connectivity index (χ0v) is 18.1. The van der Waals surface area contributed by atoms with Gasteiger partial charge in [-0.2, -0.15) is 0 Å². The first-order chi connectivity index (χ1) is 14.1. The molecule has 1 heterocycles. The minimum atomic E-state index is -0.641. The van der Waals surface area contributed by atoms with Gasteiger partial charge in [-0.1, -0.05) is 13.3 Å². The summed E-state index contributed by atoms with van der Waals surface area (Å²) >= 11 is 0. The van der Waals surface area contributed by atoms with Gasteiger partial charge in [0.2, 0.25) is 0 Å². The topological polar surface area (TPSA) is 90.9 Å². The van der Waals surface area contributed by atoms with E-state index in [1.807, 2.05) is 13.8 Å². The molecule has 0 radical (unpaired) electrons. The van der Waals surface area contributed by atoms with Crippen LogP contribution >= 0.6 is 0 Å². The number of carbonyl (C=O) groups is 1. The zero-order chi connectivity index (χ0) is 21.2. The van der Waals surface area contributed by atoms with Gasteiger partial charge in [0.15, 0.2) is 6.10 Å². The smallest absolute Gasteiger partial charge is 0.430 e. The van der Waals surface area contributed by atoms with Crippen LogP contribution in [0.4, 0.5) is 4.79 Å². The van der Waals surface area contributed by atoms with Crippen LogP contribution in [0, 0.1) is 0 Å². The van der Waals surface area contributed by atoms with E-state index >= 15 is 0 Å². The molecule has 0 saturated carbocycles. The first-order valence-corrected chi connectivity index (χ1v) is 10.5. The Morgan fingerprint density at radius 2 is 1.45 bits per heavy atom. The molecule has 0 N–H and O–H groups in total. The van der Waals surface area contributed by atoms with Crippen molar-refractivity contribution in [3.8, 4) is 0 Å². The van der Waals surface area contributed by atoms with Crippen molar-refractivity contribution in [2.75, 3.05) is 72.7 Å². The molecule has 172 valence electrons. The number of hydrogen-bond donors (Lipinski definition) is 0. The van der Waals surface area contributed by atoms with Crippen molar-refractivity contribution in [1.82, 2.24) is 0 Å². The van der Waals surface area contributed by atoms with Crippen LogP contribution in [0.5, 0.6) is 0 Å². The Morgan fingerprint density at radius 1 is 0.862 bits per heavy atom. The molecule has 0 aromatic heterocycles. The Balaban J connectivity index is 1.80. The summed E-state index contributed by atoms with van der Waals surface area (Å²) in [6.45, 7) is 11.6. The molecule has 0 bridgehead atoms. The Kier molecular flexibility index (Phi) is 16.0. The van der Waals surface area contributed by atoms with Crippen LogP contribution in [0.1, 0.15) is 33.6 Å². The predicted molar refractivity (Wildman–Crippen MR) is 105 cm³/mol. The summed E-state index contributed by atoms with van der Waals surface area (Å²) in [6, 6.07) is 0. The quantitative estimate of drug-likeness (QED) is 0.216. The third-order valence-electron chi connectivity index (χ3n) is 3.94. The second-order valence-electron chi connectivity index (χ2n) is 6.85. The zero-order valence-electron chi connectivity index (χ0n) is 18.1. The molecule has 1 fully saturated rings. The van der Waals surface area contributed by atoms with Gasteiger partial charge in [0.25, 0.3) is 0 Å². The lowest BCUT2D eigenvalue weighted by molar-refractivity contribution is -0.0736. The third kappa shape index (κ3) is 15.5. The highest BCUT2D eigenvalue weighted by molar-refractivity contribution is 5.61. The predicted octanol–water partition coefficient (Wildman–Crippen LogP) is 2.20. The fourth-order valence-corrected chi connectivity index (χ4v) is 2.27. The molecule has 0 spiro atoms. The highest BCUT2D eigenvalue weighted by atomic mass is 16.8. The highest BCUT2D eigenvalue weighted by Gasteiger charge is 2.25. The van der Waals surface area contributed by atoms with Crippen molar-refractivity contribution < 1.29 is 42.7 Å². The van der Waals surface area contributed by atoms with Crippen molar-refractivity contribution >= 4 is 6.16 Å². The Bertz CT molecular complexity index is 394. The molecule has 3 unspecified atom stereocenters. The third-order valence-corrected chi connectivity index (χ3v) is 3.94. The molecular weight excluding hydrogens is 384 g/mol. The first kappa shape index (κ1) is 26.1. The number of rotatable bonds is 20. The maximum atomic E-state index is 10.8. The average Bonchev–Trinajstić information content (AvgIpc) is 3.13. The summed E-state index contributed by atoms with van der Waals surface area (Å²) in [5.74, 6) is 0. The van der Waals surface area contributed by atoms with E-state index in [1.165, 1.54) is 0 Å². The van der Waals surface area contributed by atoms with E-state index < -0.39 is 6.16 Å². The number of hydrogen-bond acceptors (Lipinski definition) is 9. The van der Waals surface area contributed by atoms with Crippen LogP contribution in [-0.4, -0.2) is 97.1 Å². The minimum absolute atomic E-state index is 0.0512. The lowest BCUT2D eigenvalue weighted by Crippen LogP contribution is -2.27. The minimum Gasteiger partial charge on any atom is -0.430 e. The molecule has 0 aromatic rings. The lowest BCUT2D eigenvalue weighted by atomic mass is 10.3. The van der Waals surface area contributed by atoms with E-state index in [9.17, 15) is 4.79 Å².